The molecule has 0 unspecified atom stereocenters. The molecular formula is C21H23FN2O7S. The third kappa shape index (κ3) is 5.17. The van der Waals surface area contributed by atoms with Crippen molar-refractivity contribution in [1.29, 1.82) is 0 Å². The number of nitrogens with one attached hydrogen (secondary N) is 1. The first-order valence-electron chi connectivity index (χ1n) is 9.92. The molecule has 1 amide bonds. The Kier molecular flexibility index (Phi) is 7.31. The fourth-order valence-corrected chi connectivity index (χ4v) is 4.55. The number of halogens is 1. The molecule has 0 spiro atoms. The van der Waals surface area contributed by atoms with E-state index in [9.17, 15) is 22.4 Å². The van der Waals surface area contributed by atoms with Gasteiger partial charge < -0.3 is 19.5 Å². The minimum Gasteiger partial charge on any atom is -0.486 e. The SMILES string of the molecule is CCN(CC)S(=O)(=O)c1ccc(F)c(C(=O)OCC(=O)Nc2ccc3c(c2)OCCO3)c1. The molecule has 1 aliphatic rings. The molecule has 0 saturated carbocycles. The van der Waals surface area contributed by atoms with Gasteiger partial charge in [-0.2, -0.15) is 4.31 Å². The van der Waals surface area contributed by atoms with E-state index < -0.39 is 39.9 Å². The first-order chi connectivity index (χ1) is 15.3. The number of rotatable bonds is 8. The van der Waals surface area contributed by atoms with E-state index in [2.05, 4.69) is 5.32 Å². The van der Waals surface area contributed by atoms with Gasteiger partial charge in [0.05, 0.1) is 10.5 Å². The van der Waals surface area contributed by atoms with Crippen LogP contribution in [-0.2, 0) is 19.6 Å². The van der Waals surface area contributed by atoms with Gasteiger partial charge in [-0.15, -0.1) is 0 Å². The lowest BCUT2D eigenvalue weighted by molar-refractivity contribution is -0.119. The monoisotopic (exact) mass is 466 g/mol. The highest BCUT2D eigenvalue weighted by atomic mass is 32.2. The number of hydrogen-bond acceptors (Lipinski definition) is 7. The van der Waals surface area contributed by atoms with Crippen molar-refractivity contribution in [1.82, 2.24) is 4.31 Å². The highest BCUT2D eigenvalue weighted by Crippen LogP contribution is 2.32. The summed E-state index contributed by atoms with van der Waals surface area (Å²) in [5.41, 5.74) is -0.181. The number of fused-ring (bicyclic) bond motifs is 1. The van der Waals surface area contributed by atoms with Crippen LogP contribution in [0.1, 0.15) is 24.2 Å². The number of benzene rings is 2. The van der Waals surface area contributed by atoms with Crippen molar-refractivity contribution in [2.24, 2.45) is 0 Å². The number of nitrogens with zero attached hydrogens (tertiary/aromatic N) is 1. The van der Waals surface area contributed by atoms with E-state index in [-0.39, 0.29) is 18.0 Å². The fourth-order valence-electron chi connectivity index (χ4n) is 3.06. The number of sulfonamides is 1. The van der Waals surface area contributed by atoms with Crippen LogP contribution in [0.25, 0.3) is 0 Å². The second kappa shape index (κ2) is 9.96. The zero-order chi connectivity index (χ0) is 23.3. The number of carbonyl (C=O) groups excluding carboxylic acids is 2. The van der Waals surface area contributed by atoms with Crippen molar-refractivity contribution in [2.45, 2.75) is 18.7 Å². The minimum absolute atomic E-state index is 0.218. The first-order valence-corrected chi connectivity index (χ1v) is 11.4. The highest BCUT2D eigenvalue weighted by molar-refractivity contribution is 7.89. The van der Waals surface area contributed by atoms with Crippen molar-refractivity contribution in [3.05, 3.63) is 47.8 Å². The zero-order valence-corrected chi connectivity index (χ0v) is 18.4. The summed E-state index contributed by atoms with van der Waals surface area (Å²) in [5, 5.41) is 2.53. The van der Waals surface area contributed by atoms with E-state index in [1.54, 1.807) is 32.0 Å². The Balaban J connectivity index is 1.66. The van der Waals surface area contributed by atoms with Gasteiger partial charge in [0.2, 0.25) is 10.0 Å². The van der Waals surface area contributed by atoms with Crippen LogP contribution in [0.4, 0.5) is 10.1 Å². The van der Waals surface area contributed by atoms with Gasteiger partial charge >= 0.3 is 5.97 Å². The minimum atomic E-state index is -3.90. The zero-order valence-electron chi connectivity index (χ0n) is 17.6. The summed E-state index contributed by atoms with van der Waals surface area (Å²) in [7, 11) is -3.90. The molecule has 172 valence electrons. The molecule has 1 aliphatic heterocycles. The summed E-state index contributed by atoms with van der Waals surface area (Å²) in [4.78, 5) is 24.2. The Labute approximate surface area is 185 Å². The average molecular weight is 466 g/mol. The van der Waals surface area contributed by atoms with Crippen LogP contribution in [-0.4, -0.2) is 57.5 Å². The van der Waals surface area contributed by atoms with Gasteiger partial charge in [0.1, 0.15) is 19.0 Å². The summed E-state index contributed by atoms with van der Waals surface area (Å²) in [5.74, 6) is -1.76. The maximum Gasteiger partial charge on any atom is 0.341 e. The maximum absolute atomic E-state index is 14.2. The lowest BCUT2D eigenvalue weighted by Crippen LogP contribution is -2.30. The summed E-state index contributed by atoms with van der Waals surface area (Å²) in [6.45, 7) is 3.89. The summed E-state index contributed by atoms with van der Waals surface area (Å²) >= 11 is 0. The Morgan fingerprint density at radius 3 is 2.44 bits per heavy atom. The molecule has 0 aromatic heterocycles. The topological polar surface area (TPSA) is 111 Å². The van der Waals surface area contributed by atoms with E-state index in [4.69, 9.17) is 14.2 Å². The molecule has 2 aromatic rings. The van der Waals surface area contributed by atoms with E-state index >= 15 is 0 Å². The molecule has 0 fully saturated rings. The van der Waals surface area contributed by atoms with Gasteiger partial charge in [-0.3, -0.25) is 4.79 Å². The summed E-state index contributed by atoms with van der Waals surface area (Å²) < 4.78 is 56.3. The highest BCUT2D eigenvalue weighted by Gasteiger charge is 2.25. The average Bonchev–Trinajstić information content (AvgIpc) is 2.78. The number of hydrogen-bond donors (Lipinski definition) is 1. The first kappa shape index (κ1) is 23.5. The van der Waals surface area contributed by atoms with Crippen LogP contribution in [0, 0.1) is 5.82 Å². The summed E-state index contributed by atoms with van der Waals surface area (Å²) in [6.07, 6.45) is 0. The van der Waals surface area contributed by atoms with Gasteiger partial charge in [-0.25, -0.2) is 17.6 Å². The van der Waals surface area contributed by atoms with Gasteiger partial charge in [0.25, 0.3) is 5.91 Å². The van der Waals surface area contributed by atoms with E-state index in [1.165, 1.54) is 4.31 Å². The molecule has 2 aromatic carbocycles. The molecule has 3 rings (SSSR count). The molecule has 1 N–H and O–H groups in total. The van der Waals surface area contributed by atoms with E-state index in [0.29, 0.717) is 30.4 Å². The van der Waals surface area contributed by atoms with Crippen LogP contribution in [0.15, 0.2) is 41.3 Å². The van der Waals surface area contributed by atoms with Crippen molar-refractivity contribution < 1.29 is 36.6 Å². The van der Waals surface area contributed by atoms with Crippen LogP contribution < -0.4 is 14.8 Å². The molecular weight excluding hydrogens is 443 g/mol. The predicted octanol–water partition coefficient (Wildman–Crippen LogP) is 2.42. The second-order valence-electron chi connectivity index (χ2n) is 6.71. The van der Waals surface area contributed by atoms with Gasteiger partial charge in [0, 0.05) is 24.8 Å². The molecule has 1 heterocycles. The Morgan fingerprint density at radius 2 is 1.75 bits per heavy atom. The standard InChI is InChI=1S/C21H23FN2O7S/c1-3-24(4-2)32(27,28)15-6-7-17(22)16(12-15)21(26)31-13-20(25)23-14-5-8-18-19(11-14)30-10-9-29-18/h5-8,11-12H,3-4,9-10,13H2,1-2H3,(H,23,25). The molecule has 0 atom stereocenters. The second-order valence-corrected chi connectivity index (χ2v) is 8.65. The number of esters is 1. The fraction of sp³-hybridized carbons (Fsp3) is 0.333. The van der Waals surface area contributed by atoms with Crippen LogP contribution in [0.2, 0.25) is 0 Å². The molecule has 11 heteroatoms. The van der Waals surface area contributed by atoms with Crippen molar-refractivity contribution in [2.75, 3.05) is 38.2 Å². The maximum atomic E-state index is 14.2. The molecule has 32 heavy (non-hydrogen) atoms. The van der Waals surface area contributed by atoms with Crippen molar-refractivity contribution >= 4 is 27.6 Å². The van der Waals surface area contributed by atoms with Crippen LogP contribution in [0.5, 0.6) is 11.5 Å². The number of ether oxygens (including phenoxy) is 3. The van der Waals surface area contributed by atoms with Gasteiger partial charge in [0.15, 0.2) is 18.1 Å². The van der Waals surface area contributed by atoms with E-state index in [1.807, 2.05) is 0 Å². The van der Waals surface area contributed by atoms with Crippen LogP contribution >= 0.6 is 0 Å². The largest absolute Gasteiger partial charge is 0.486 e. The lowest BCUT2D eigenvalue weighted by Gasteiger charge is -2.19. The molecule has 0 radical (unpaired) electrons. The molecule has 9 nitrogen and oxygen atoms in total. The number of carbonyl (C=O) groups is 2. The molecule has 0 saturated heterocycles. The lowest BCUT2D eigenvalue weighted by atomic mass is 10.2. The molecule has 0 bridgehead atoms. The normalized spacial score (nSPS) is 13.0. The Morgan fingerprint density at radius 1 is 1.06 bits per heavy atom. The third-order valence-electron chi connectivity index (χ3n) is 4.66. The van der Waals surface area contributed by atoms with Crippen molar-refractivity contribution in [3.8, 4) is 11.5 Å². The Bertz CT molecular complexity index is 1120. The number of amides is 1. The van der Waals surface area contributed by atoms with Crippen LogP contribution in [0.3, 0.4) is 0 Å². The predicted molar refractivity (Wildman–Crippen MR) is 113 cm³/mol. The Hall–Kier alpha value is -3.18. The smallest absolute Gasteiger partial charge is 0.341 e. The van der Waals surface area contributed by atoms with Gasteiger partial charge in [-0.05, 0) is 30.3 Å². The third-order valence-corrected chi connectivity index (χ3v) is 6.71. The number of anilines is 1. The van der Waals surface area contributed by atoms with Gasteiger partial charge in [-0.1, -0.05) is 13.8 Å². The molecule has 0 aliphatic carbocycles. The van der Waals surface area contributed by atoms with Crippen molar-refractivity contribution in [3.63, 3.8) is 0 Å². The summed E-state index contributed by atoms with van der Waals surface area (Å²) in [6, 6.07) is 7.65. The quantitative estimate of drug-likeness (QED) is 0.595. The van der Waals surface area contributed by atoms with E-state index in [0.717, 1.165) is 18.2 Å².